The number of hydrogen-bond donors (Lipinski definition) is 0. The number of rotatable bonds is 6. The summed E-state index contributed by atoms with van der Waals surface area (Å²) in [4.78, 5) is 16.5. The largest absolute Gasteiger partial charge is 0.416 e. The minimum atomic E-state index is -4.46. The molecular formula is C26H24Cl2F3N3O3S. The molecular weight excluding hydrogens is 562 g/mol. The topological polar surface area (TPSA) is 60.9 Å². The van der Waals surface area contributed by atoms with Gasteiger partial charge in [0.1, 0.15) is 6.54 Å². The molecule has 1 heterocycles. The smallest absolute Gasteiger partial charge is 0.368 e. The summed E-state index contributed by atoms with van der Waals surface area (Å²) < 4.78 is 67.5. The zero-order chi connectivity index (χ0) is 27.7. The Morgan fingerprint density at radius 3 is 2.21 bits per heavy atom. The second-order valence-corrected chi connectivity index (χ2v) is 11.5. The van der Waals surface area contributed by atoms with Crippen LogP contribution in [0.3, 0.4) is 0 Å². The van der Waals surface area contributed by atoms with Crippen LogP contribution in [0.25, 0.3) is 0 Å². The Morgan fingerprint density at radius 2 is 1.58 bits per heavy atom. The highest BCUT2D eigenvalue weighted by Crippen LogP contribution is 2.36. The van der Waals surface area contributed by atoms with Crippen molar-refractivity contribution in [1.82, 2.24) is 4.90 Å². The number of carbonyl (C=O) groups is 1. The summed E-state index contributed by atoms with van der Waals surface area (Å²) in [7, 11) is -4.19. The first-order valence-electron chi connectivity index (χ1n) is 11.6. The number of sulfonamides is 1. The lowest BCUT2D eigenvalue weighted by Crippen LogP contribution is -2.52. The third kappa shape index (κ3) is 6.03. The Hall–Kier alpha value is -2.95. The fourth-order valence-electron chi connectivity index (χ4n) is 4.14. The van der Waals surface area contributed by atoms with Crippen LogP contribution in [0.4, 0.5) is 24.5 Å². The van der Waals surface area contributed by atoms with Gasteiger partial charge in [0.2, 0.25) is 5.91 Å². The lowest BCUT2D eigenvalue weighted by Gasteiger charge is -2.37. The monoisotopic (exact) mass is 585 g/mol. The standard InChI is InChI=1S/C26H24Cl2F3N3O3S/c1-18-8-10-21(11-9-18)38(36,37)34(23-7-3-6-22(27)25(23)28)17-24(35)33-14-12-32(13-15-33)20-5-2-4-19(16-20)26(29,30)31/h2-11,16H,12-15,17H2,1H3. The number of benzene rings is 3. The van der Waals surface area contributed by atoms with Crippen molar-refractivity contribution in [2.75, 3.05) is 41.9 Å². The zero-order valence-electron chi connectivity index (χ0n) is 20.3. The molecule has 3 aromatic rings. The van der Waals surface area contributed by atoms with Gasteiger partial charge in [-0.3, -0.25) is 9.10 Å². The quantitative estimate of drug-likeness (QED) is 0.363. The number of aryl methyl sites for hydroxylation is 1. The predicted octanol–water partition coefficient (Wildman–Crippen LogP) is 5.86. The van der Waals surface area contributed by atoms with E-state index in [1.165, 1.54) is 35.2 Å². The Kier molecular flexibility index (Phi) is 8.15. The lowest BCUT2D eigenvalue weighted by molar-refractivity contribution is -0.137. The molecule has 38 heavy (non-hydrogen) atoms. The van der Waals surface area contributed by atoms with E-state index in [9.17, 15) is 26.4 Å². The fourth-order valence-corrected chi connectivity index (χ4v) is 6.01. The second kappa shape index (κ2) is 11.0. The van der Waals surface area contributed by atoms with Crippen molar-refractivity contribution in [2.24, 2.45) is 0 Å². The molecule has 0 spiro atoms. The van der Waals surface area contributed by atoms with Crippen LogP contribution in [0.1, 0.15) is 11.1 Å². The molecule has 0 saturated carbocycles. The summed E-state index contributed by atoms with van der Waals surface area (Å²) in [5.41, 5.74) is 0.590. The molecule has 12 heteroatoms. The first kappa shape index (κ1) is 28.1. The van der Waals surface area contributed by atoms with Crippen LogP contribution in [-0.2, 0) is 21.0 Å². The Balaban J connectivity index is 1.55. The van der Waals surface area contributed by atoms with E-state index in [0.717, 1.165) is 22.0 Å². The third-order valence-corrected chi connectivity index (χ3v) is 8.84. The highest BCUT2D eigenvalue weighted by Gasteiger charge is 2.33. The highest BCUT2D eigenvalue weighted by molar-refractivity contribution is 7.92. The summed E-state index contributed by atoms with van der Waals surface area (Å²) >= 11 is 12.5. The van der Waals surface area contributed by atoms with Crippen LogP contribution < -0.4 is 9.21 Å². The molecule has 1 aliphatic heterocycles. The Bertz CT molecular complexity index is 1430. The lowest BCUT2D eigenvalue weighted by atomic mass is 10.1. The summed E-state index contributed by atoms with van der Waals surface area (Å²) in [5.74, 6) is -0.472. The Morgan fingerprint density at radius 1 is 0.947 bits per heavy atom. The molecule has 4 rings (SSSR count). The number of carbonyl (C=O) groups excluding carboxylic acids is 1. The molecule has 0 radical (unpaired) electrons. The predicted molar refractivity (Wildman–Crippen MR) is 142 cm³/mol. The van der Waals surface area contributed by atoms with Crippen LogP contribution in [0.15, 0.2) is 71.6 Å². The zero-order valence-corrected chi connectivity index (χ0v) is 22.6. The van der Waals surface area contributed by atoms with Gasteiger partial charge in [0.05, 0.1) is 26.2 Å². The van der Waals surface area contributed by atoms with E-state index in [4.69, 9.17) is 23.2 Å². The van der Waals surface area contributed by atoms with Crippen molar-refractivity contribution in [1.29, 1.82) is 0 Å². The van der Waals surface area contributed by atoms with E-state index in [0.29, 0.717) is 5.69 Å². The van der Waals surface area contributed by atoms with Gasteiger partial charge in [0.25, 0.3) is 10.0 Å². The van der Waals surface area contributed by atoms with Gasteiger partial charge < -0.3 is 9.80 Å². The van der Waals surface area contributed by atoms with Gasteiger partial charge >= 0.3 is 6.18 Å². The summed E-state index contributed by atoms with van der Waals surface area (Å²) in [6, 6.07) is 15.8. The number of amides is 1. The van der Waals surface area contributed by atoms with E-state index in [1.54, 1.807) is 29.2 Å². The van der Waals surface area contributed by atoms with Gasteiger partial charge in [-0.25, -0.2) is 8.42 Å². The first-order chi connectivity index (χ1) is 17.9. The Labute approximate surface area is 229 Å². The number of alkyl halides is 3. The minimum Gasteiger partial charge on any atom is -0.368 e. The van der Waals surface area contributed by atoms with Crippen molar-refractivity contribution >= 4 is 50.5 Å². The molecule has 0 bridgehead atoms. The first-order valence-corrected chi connectivity index (χ1v) is 13.8. The molecule has 1 fully saturated rings. The van der Waals surface area contributed by atoms with Crippen LogP contribution in [-0.4, -0.2) is 51.9 Å². The maximum absolute atomic E-state index is 13.6. The maximum atomic E-state index is 13.6. The normalized spacial score (nSPS) is 14.5. The van der Waals surface area contributed by atoms with Gasteiger partial charge in [-0.15, -0.1) is 0 Å². The van der Waals surface area contributed by atoms with Gasteiger partial charge in [0, 0.05) is 31.9 Å². The molecule has 1 aliphatic rings. The molecule has 1 amide bonds. The molecule has 202 valence electrons. The number of piperazine rings is 1. The van der Waals surface area contributed by atoms with Gasteiger partial charge in [-0.2, -0.15) is 13.2 Å². The average molecular weight is 586 g/mol. The van der Waals surface area contributed by atoms with Gasteiger partial charge in [-0.05, 0) is 49.4 Å². The molecule has 6 nitrogen and oxygen atoms in total. The van der Waals surface area contributed by atoms with Crippen molar-refractivity contribution in [2.45, 2.75) is 18.0 Å². The van der Waals surface area contributed by atoms with Crippen LogP contribution in [0.2, 0.25) is 10.0 Å². The molecule has 0 N–H and O–H groups in total. The fraction of sp³-hybridized carbons (Fsp3) is 0.269. The third-order valence-electron chi connectivity index (χ3n) is 6.26. The van der Waals surface area contributed by atoms with Crippen molar-refractivity contribution in [3.8, 4) is 0 Å². The second-order valence-electron chi connectivity index (χ2n) is 8.81. The SMILES string of the molecule is Cc1ccc(S(=O)(=O)N(CC(=O)N2CCN(c3cccc(C(F)(F)F)c3)CC2)c2cccc(Cl)c2Cl)cc1. The maximum Gasteiger partial charge on any atom is 0.416 e. The van der Waals surface area contributed by atoms with E-state index in [2.05, 4.69) is 0 Å². The van der Waals surface area contributed by atoms with Crippen LogP contribution in [0, 0.1) is 6.92 Å². The molecule has 0 unspecified atom stereocenters. The molecule has 1 saturated heterocycles. The van der Waals surface area contributed by atoms with E-state index in [1.807, 2.05) is 6.92 Å². The number of nitrogens with zero attached hydrogens (tertiary/aromatic N) is 3. The van der Waals surface area contributed by atoms with E-state index >= 15 is 0 Å². The summed E-state index contributed by atoms with van der Waals surface area (Å²) in [5, 5.41) is 0.127. The highest BCUT2D eigenvalue weighted by atomic mass is 35.5. The number of anilines is 2. The molecule has 3 aromatic carbocycles. The number of hydrogen-bond acceptors (Lipinski definition) is 4. The van der Waals surface area contributed by atoms with Gasteiger partial charge in [0.15, 0.2) is 0 Å². The molecule has 0 atom stereocenters. The van der Waals surface area contributed by atoms with E-state index < -0.39 is 34.2 Å². The summed E-state index contributed by atoms with van der Waals surface area (Å²) in [6.45, 7) is 2.28. The number of halogens is 5. The molecule has 0 aromatic heterocycles. The average Bonchev–Trinajstić information content (AvgIpc) is 2.89. The molecule has 0 aliphatic carbocycles. The summed E-state index contributed by atoms with van der Waals surface area (Å²) in [6.07, 6.45) is -4.46. The van der Waals surface area contributed by atoms with Crippen molar-refractivity contribution in [3.63, 3.8) is 0 Å². The van der Waals surface area contributed by atoms with Crippen LogP contribution >= 0.6 is 23.2 Å². The van der Waals surface area contributed by atoms with Crippen molar-refractivity contribution in [3.05, 3.63) is 87.9 Å². The minimum absolute atomic E-state index is 0.00739. The van der Waals surface area contributed by atoms with Gasteiger partial charge in [-0.1, -0.05) is 53.0 Å². The van der Waals surface area contributed by atoms with E-state index in [-0.39, 0.29) is 46.8 Å². The van der Waals surface area contributed by atoms with Crippen molar-refractivity contribution < 1.29 is 26.4 Å². The van der Waals surface area contributed by atoms with Crippen LogP contribution in [0.5, 0.6) is 0 Å².